The fourth-order valence-corrected chi connectivity index (χ4v) is 2.50. The lowest BCUT2D eigenvalue weighted by atomic mass is 9.94. The van der Waals surface area contributed by atoms with Gasteiger partial charge in [-0.05, 0) is 26.0 Å². The maximum atomic E-state index is 13.1. The van der Waals surface area contributed by atoms with E-state index in [1.807, 2.05) is 5.32 Å². The zero-order valence-electron chi connectivity index (χ0n) is 15.7. The number of primary amides is 1. The molecule has 0 bridgehead atoms. The topological polar surface area (TPSA) is 125 Å². The Morgan fingerprint density at radius 3 is 2.17 bits per heavy atom. The van der Waals surface area contributed by atoms with Crippen LogP contribution in [-0.2, 0) is 30.0 Å². The average Bonchev–Trinajstić information content (AvgIpc) is 2.63. The van der Waals surface area contributed by atoms with Crippen molar-refractivity contribution in [2.45, 2.75) is 32.5 Å². The van der Waals surface area contributed by atoms with Crippen molar-refractivity contribution >= 4 is 23.8 Å². The zero-order valence-corrected chi connectivity index (χ0v) is 15.7. The summed E-state index contributed by atoms with van der Waals surface area (Å²) in [7, 11) is 0. The lowest BCUT2D eigenvalue weighted by Gasteiger charge is -2.24. The molecule has 1 aromatic rings. The molecule has 0 saturated heterocycles. The van der Waals surface area contributed by atoms with Crippen LogP contribution in [0.2, 0.25) is 0 Å². The first-order valence-electron chi connectivity index (χ1n) is 8.61. The maximum Gasteiger partial charge on any atom is 0.417 e. The molecule has 0 radical (unpaired) electrons. The second-order valence-electron chi connectivity index (χ2n) is 5.76. The van der Waals surface area contributed by atoms with Crippen LogP contribution < -0.4 is 11.1 Å². The van der Waals surface area contributed by atoms with E-state index in [-0.39, 0.29) is 13.2 Å². The van der Waals surface area contributed by atoms with Gasteiger partial charge in [0, 0.05) is 0 Å². The van der Waals surface area contributed by atoms with Gasteiger partial charge < -0.3 is 20.5 Å². The van der Waals surface area contributed by atoms with E-state index in [4.69, 9.17) is 15.2 Å². The number of alkyl halides is 3. The number of nitrogens with two attached hydrogens (primary N) is 1. The van der Waals surface area contributed by atoms with Gasteiger partial charge in [0.2, 0.25) is 5.91 Å². The molecule has 1 aromatic carbocycles. The molecule has 1 rings (SSSR count). The Balaban J connectivity index is 3.23. The molecular formula is C18H21F3N2O6. The predicted octanol–water partition coefficient (Wildman–Crippen LogP) is 1.42. The first-order valence-corrected chi connectivity index (χ1v) is 8.61. The minimum absolute atomic E-state index is 0.0130. The fraction of sp³-hybridized carbons (Fsp3) is 0.444. The highest BCUT2D eigenvalue weighted by Crippen LogP contribution is 2.32. The zero-order chi connectivity index (χ0) is 22.2. The van der Waals surface area contributed by atoms with Crippen molar-refractivity contribution < 1.29 is 41.8 Å². The van der Waals surface area contributed by atoms with Gasteiger partial charge in [-0.15, -0.1) is 0 Å². The van der Waals surface area contributed by atoms with Crippen molar-refractivity contribution in [1.82, 2.24) is 5.32 Å². The third-order valence-electron chi connectivity index (χ3n) is 3.75. The van der Waals surface area contributed by atoms with Gasteiger partial charge in [-0.3, -0.25) is 19.2 Å². The molecule has 0 aromatic heterocycles. The summed E-state index contributed by atoms with van der Waals surface area (Å²) in [5, 5.41) is 2.01. The Bertz CT molecular complexity index is 766. The monoisotopic (exact) mass is 418 g/mol. The van der Waals surface area contributed by atoms with Crippen LogP contribution in [0.5, 0.6) is 0 Å². The number of hydrogen-bond donors (Lipinski definition) is 2. The number of esters is 2. The highest BCUT2D eigenvalue weighted by Gasteiger charge is 2.39. The SMILES string of the molecule is CCOC(=O)C[C@H](C(=O)OCC)[C@H](NC(=O)c1ccccc1C(F)(F)F)C(N)=O. The molecule has 2 atom stereocenters. The second-order valence-corrected chi connectivity index (χ2v) is 5.76. The minimum atomic E-state index is -4.83. The molecule has 0 spiro atoms. The number of benzene rings is 1. The molecule has 0 aliphatic carbocycles. The van der Waals surface area contributed by atoms with Crippen molar-refractivity contribution in [1.29, 1.82) is 0 Å². The molecule has 2 amide bonds. The molecule has 160 valence electrons. The van der Waals surface area contributed by atoms with Gasteiger partial charge in [0.05, 0.1) is 36.7 Å². The van der Waals surface area contributed by atoms with Crippen molar-refractivity contribution in [3.8, 4) is 0 Å². The van der Waals surface area contributed by atoms with Crippen molar-refractivity contribution in [3.63, 3.8) is 0 Å². The summed E-state index contributed by atoms with van der Waals surface area (Å²) in [6.07, 6.45) is -5.50. The standard InChI is InChI=1S/C18H21F3N2O6/c1-3-28-13(24)9-11(17(27)29-4-2)14(15(22)25)23-16(26)10-7-5-6-8-12(10)18(19,20)21/h5-8,11,14H,3-4,9H2,1-2H3,(H2,22,25)(H,23,26)/t11-,14-/m0/s1. The van der Waals surface area contributed by atoms with Crippen molar-refractivity contribution in [2.75, 3.05) is 13.2 Å². The van der Waals surface area contributed by atoms with E-state index in [9.17, 15) is 32.3 Å². The molecule has 0 saturated carbocycles. The van der Waals surface area contributed by atoms with Crippen LogP contribution in [-0.4, -0.2) is 43.0 Å². The molecule has 0 unspecified atom stereocenters. The Morgan fingerprint density at radius 1 is 1.07 bits per heavy atom. The first-order chi connectivity index (χ1) is 13.5. The second kappa shape index (κ2) is 10.4. The smallest absolute Gasteiger partial charge is 0.417 e. The van der Waals surface area contributed by atoms with Gasteiger partial charge in [0.1, 0.15) is 6.04 Å². The van der Waals surface area contributed by atoms with E-state index in [0.29, 0.717) is 6.07 Å². The highest BCUT2D eigenvalue weighted by atomic mass is 19.4. The number of hydrogen-bond acceptors (Lipinski definition) is 6. The number of nitrogens with one attached hydrogen (secondary N) is 1. The molecule has 11 heteroatoms. The largest absolute Gasteiger partial charge is 0.466 e. The Kier molecular flexibility index (Phi) is 8.61. The molecule has 0 aliphatic heterocycles. The van der Waals surface area contributed by atoms with Crippen LogP contribution in [0, 0.1) is 5.92 Å². The third-order valence-corrected chi connectivity index (χ3v) is 3.75. The summed E-state index contributed by atoms with van der Waals surface area (Å²) in [5.74, 6) is -6.01. The molecule has 0 heterocycles. The maximum absolute atomic E-state index is 13.1. The normalized spacial score (nSPS) is 13.1. The van der Waals surface area contributed by atoms with Gasteiger partial charge in [0.15, 0.2) is 0 Å². The van der Waals surface area contributed by atoms with Gasteiger partial charge in [-0.25, -0.2) is 0 Å². The van der Waals surface area contributed by atoms with Crippen LogP contribution >= 0.6 is 0 Å². The molecule has 0 aliphatic rings. The number of ether oxygens (including phenoxy) is 2. The Hall–Kier alpha value is -3.11. The highest BCUT2D eigenvalue weighted by molar-refractivity contribution is 6.00. The lowest BCUT2D eigenvalue weighted by molar-refractivity contribution is -0.156. The number of halogens is 3. The predicted molar refractivity (Wildman–Crippen MR) is 93.3 cm³/mol. The van der Waals surface area contributed by atoms with Crippen LogP contribution in [0.3, 0.4) is 0 Å². The first kappa shape index (κ1) is 23.9. The van der Waals surface area contributed by atoms with Crippen LogP contribution in [0.15, 0.2) is 24.3 Å². The van der Waals surface area contributed by atoms with Crippen LogP contribution in [0.1, 0.15) is 36.2 Å². The lowest BCUT2D eigenvalue weighted by Crippen LogP contribution is -2.52. The Labute approximate surface area is 164 Å². The molecule has 0 fully saturated rings. The number of amides is 2. The molecule has 8 nitrogen and oxygen atoms in total. The quantitative estimate of drug-likeness (QED) is 0.585. The minimum Gasteiger partial charge on any atom is -0.466 e. The fourth-order valence-electron chi connectivity index (χ4n) is 2.50. The van der Waals surface area contributed by atoms with E-state index in [1.54, 1.807) is 0 Å². The number of carbonyl (C=O) groups excluding carboxylic acids is 4. The summed E-state index contributed by atoms with van der Waals surface area (Å²) >= 11 is 0. The number of carbonyl (C=O) groups is 4. The number of rotatable bonds is 9. The van der Waals surface area contributed by atoms with E-state index >= 15 is 0 Å². The average molecular weight is 418 g/mol. The van der Waals surface area contributed by atoms with Gasteiger partial charge >= 0.3 is 18.1 Å². The van der Waals surface area contributed by atoms with E-state index in [2.05, 4.69) is 0 Å². The van der Waals surface area contributed by atoms with E-state index in [0.717, 1.165) is 12.1 Å². The van der Waals surface area contributed by atoms with Crippen LogP contribution in [0.4, 0.5) is 13.2 Å². The molecular weight excluding hydrogens is 397 g/mol. The van der Waals surface area contributed by atoms with Crippen LogP contribution in [0.25, 0.3) is 0 Å². The summed E-state index contributed by atoms with van der Waals surface area (Å²) in [5.41, 5.74) is 3.23. The molecule has 3 N–H and O–H groups in total. The summed E-state index contributed by atoms with van der Waals surface area (Å²) in [4.78, 5) is 48.3. The van der Waals surface area contributed by atoms with Gasteiger partial charge in [-0.2, -0.15) is 13.2 Å². The summed E-state index contributed by atoms with van der Waals surface area (Å²) in [6.45, 7) is 2.87. The third kappa shape index (κ3) is 6.77. The van der Waals surface area contributed by atoms with Crippen molar-refractivity contribution in [3.05, 3.63) is 35.4 Å². The molecule has 29 heavy (non-hydrogen) atoms. The summed E-state index contributed by atoms with van der Waals surface area (Å²) < 4.78 is 48.9. The van der Waals surface area contributed by atoms with Gasteiger partial charge in [0.25, 0.3) is 5.91 Å². The van der Waals surface area contributed by atoms with E-state index in [1.165, 1.54) is 19.9 Å². The Morgan fingerprint density at radius 2 is 1.66 bits per heavy atom. The van der Waals surface area contributed by atoms with E-state index < -0.39 is 59.4 Å². The van der Waals surface area contributed by atoms with Crippen molar-refractivity contribution in [2.24, 2.45) is 11.7 Å². The summed E-state index contributed by atoms with van der Waals surface area (Å²) in [6, 6.07) is 2.08. The van der Waals surface area contributed by atoms with Gasteiger partial charge in [-0.1, -0.05) is 12.1 Å².